The first-order valence-electron chi connectivity index (χ1n) is 17.1. The van der Waals surface area contributed by atoms with Gasteiger partial charge in [0.25, 0.3) is 5.91 Å². The normalized spacial score (nSPS) is 12.6. The van der Waals surface area contributed by atoms with Crippen LogP contribution in [0.15, 0.2) is 58.4 Å². The summed E-state index contributed by atoms with van der Waals surface area (Å²) in [4.78, 5) is 57.1. The van der Waals surface area contributed by atoms with Crippen molar-refractivity contribution in [3.05, 3.63) is 70.1 Å². The predicted molar refractivity (Wildman–Crippen MR) is 209 cm³/mol. The van der Waals surface area contributed by atoms with E-state index in [2.05, 4.69) is 25.7 Å². The molecule has 54 heavy (non-hydrogen) atoms. The lowest BCUT2D eigenvalue weighted by Gasteiger charge is -2.25. The Kier molecular flexibility index (Phi) is 13.8. The Labute approximate surface area is 321 Å². The van der Waals surface area contributed by atoms with Crippen LogP contribution in [0, 0.1) is 20.8 Å². The molecule has 16 heteroatoms. The highest BCUT2D eigenvalue weighted by atomic mass is 32.2. The van der Waals surface area contributed by atoms with Crippen LogP contribution in [-0.4, -0.2) is 67.8 Å². The number of nitrogens with one attached hydrogen (secondary N) is 4. The Morgan fingerprint density at radius 1 is 0.759 bits per heavy atom. The van der Waals surface area contributed by atoms with Crippen molar-refractivity contribution in [2.45, 2.75) is 111 Å². The maximum Gasteiger partial charge on any atom is 0.414 e. The number of hydrogen-bond donors (Lipinski definition) is 4. The number of amides is 3. The lowest BCUT2D eigenvalue weighted by molar-refractivity contribution is -0.156. The number of benzene rings is 2. The monoisotopic (exact) mass is 785 g/mol. The van der Waals surface area contributed by atoms with E-state index >= 15 is 0 Å². The smallest absolute Gasteiger partial charge is 0.414 e. The van der Waals surface area contributed by atoms with Gasteiger partial charge in [-0.2, -0.15) is 4.72 Å². The van der Waals surface area contributed by atoms with Gasteiger partial charge in [0, 0.05) is 11.4 Å². The number of aliphatic imine (C=N–C) groups is 1. The van der Waals surface area contributed by atoms with Crippen LogP contribution in [0.25, 0.3) is 10.4 Å². The largest absolute Gasteiger partial charge is 0.459 e. The maximum absolute atomic E-state index is 13.6. The van der Waals surface area contributed by atoms with Gasteiger partial charge in [-0.3, -0.25) is 20.2 Å². The van der Waals surface area contributed by atoms with Crippen molar-refractivity contribution < 1.29 is 41.8 Å². The highest BCUT2D eigenvalue weighted by Gasteiger charge is 2.32. The Morgan fingerprint density at radius 2 is 1.30 bits per heavy atom. The summed E-state index contributed by atoms with van der Waals surface area (Å²) < 4.78 is 45.7. The minimum atomic E-state index is -4.20. The summed E-state index contributed by atoms with van der Waals surface area (Å²) in [6.07, 6.45) is -1.69. The molecule has 0 aliphatic heterocycles. The highest BCUT2D eigenvalue weighted by Crippen LogP contribution is 2.31. The molecule has 0 aliphatic carbocycles. The molecule has 2 aromatic carbocycles. The zero-order valence-electron chi connectivity index (χ0n) is 32.8. The third-order valence-corrected chi connectivity index (χ3v) is 9.68. The van der Waals surface area contributed by atoms with E-state index in [1.54, 1.807) is 125 Å². The number of carbonyl (C=O) groups excluding carboxylic acids is 4. The number of carbonyl (C=O) groups is 4. The number of nitrogens with zero attached hydrogens (tertiary/aromatic N) is 1. The first kappa shape index (κ1) is 43.6. The van der Waals surface area contributed by atoms with Gasteiger partial charge < -0.3 is 19.5 Å². The number of thiophene rings is 1. The van der Waals surface area contributed by atoms with Crippen molar-refractivity contribution in [3.63, 3.8) is 0 Å². The molecule has 1 atom stereocenters. The van der Waals surface area contributed by atoms with Crippen LogP contribution < -0.4 is 20.7 Å². The van der Waals surface area contributed by atoms with E-state index in [1.807, 2.05) is 6.92 Å². The van der Waals surface area contributed by atoms with E-state index in [0.29, 0.717) is 27.3 Å². The number of alkyl carbamates (subject to hydrolysis) is 2. The van der Waals surface area contributed by atoms with Crippen LogP contribution in [0.1, 0.15) is 88.7 Å². The number of ether oxygens (including phenoxy) is 3. The molecule has 14 nitrogen and oxygen atoms in total. The standard InChI is InChI=1S/C38H51N5O9S2/c1-22-18-23(2)30(24(3)19-22)54(48,49)43-27(32(45)50-36(4,5)6)21-39-31(44)29-17-16-28(53-29)25-14-13-15-26(20-25)40-33(41-34(46)51-37(7,8)9)42-35(47)52-38(10,11)12/h13-20,27,43H,21H2,1-12H3,(H,39,44)(H2,40,41,42,46,47)/t27-/m0/s1. The molecular weight excluding hydrogens is 735 g/mol. The molecule has 0 unspecified atom stereocenters. The number of aryl methyl sites for hydroxylation is 3. The van der Waals surface area contributed by atoms with Gasteiger partial charge in [0.05, 0.1) is 15.5 Å². The van der Waals surface area contributed by atoms with E-state index in [1.165, 1.54) is 0 Å². The van der Waals surface area contributed by atoms with Crippen molar-refractivity contribution in [2.75, 3.05) is 6.54 Å². The molecule has 1 aromatic heterocycles. The summed E-state index contributed by atoms with van der Waals surface area (Å²) in [5.74, 6) is -1.62. The van der Waals surface area contributed by atoms with Crippen molar-refractivity contribution >= 4 is 57.1 Å². The Hall–Kier alpha value is -4.80. The zero-order valence-corrected chi connectivity index (χ0v) is 34.5. The SMILES string of the molecule is Cc1cc(C)c(S(=O)(=O)N[C@@H](CNC(=O)c2ccc(-c3cccc(N=C(NC(=O)OC(C)(C)C)NC(=O)OC(C)(C)C)c3)s2)C(=O)OC(C)(C)C)c(C)c1. The molecule has 0 spiro atoms. The predicted octanol–water partition coefficient (Wildman–Crippen LogP) is 6.80. The summed E-state index contributed by atoms with van der Waals surface area (Å²) in [5.41, 5.74) is 0.400. The molecule has 0 aliphatic rings. The number of esters is 1. The Bertz CT molecular complexity index is 1960. The Morgan fingerprint density at radius 3 is 1.81 bits per heavy atom. The average Bonchev–Trinajstić information content (AvgIpc) is 3.46. The van der Waals surface area contributed by atoms with Gasteiger partial charge in [-0.1, -0.05) is 29.8 Å². The van der Waals surface area contributed by atoms with Crippen molar-refractivity contribution in [1.29, 1.82) is 0 Å². The molecule has 0 saturated heterocycles. The van der Waals surface area contributed by atoms with Crippen LogP contribution in [0.2, 0.25) is 0 Å². The van der Waals surface area contributed by atoms with E-state index in [9.17, 15) is 27.6 Å². The fraction of sp³-hybridized carbons (Fsp3) is 0.447. The first-order chi connectivity index (χ1) is 24.7. The van der Waals surface area contributed by atoms with Crippen molar-refractivity contribution in [2.24, 2.45) is 4.99 Å². The number of hydrogen-bond acceptors (Lipinski definition) is 11. The summed E-state index contributed by atoms with van der Waals surface area (Å²) in [6, 6.07) is 12.2. The van der Waals surface area contributed by atoms with Crippen LogP contribution in [0.4, 0.5) is 15.3 Å². The Balaban J connectivity index is 1.84. The number of guanidine groups is 1. The average molecular weight is 786 g/mol. The van der Waals surface area contributed by atoms with Crippen LogP contribution in [-0.2, 0) is 29.0 Å². The topological polar surface area (TPSA) is 191 Å². The molecule has 294 valence electrons. The maximum atomic E-state index is 13.6. The fourth-order valence-corrected chi connectivity index (χ4v) is 7.58. The minimum absolute atomic E-state index is 0.0517. The third kappa shape index (κ3) is 13.9. The molecule has 3 aromatic rings. The summed E-state index contributed by atoms with van der Waals surface area (Å²) in [5, 5.41) is 7.55. The first-order valence-corrected chi connectivity index (χ1v) is 19.4. The second kappa shape index (κ2) is 17.1. The van der Waals surface area contributed by atoms with Gasteiger partial charge in [-0.25, -0.2) is 23.0 Å². The highest BCUT2D eigenvalue weighted by molar-refractivity contribution is 7.89. The quantitative estimate of drug-likeness (QED) is 0.0783. The fourth-order valence-electron chi connectivity index (χ4n) is 5.03. The molecule has 0 radical (unpaired) electrons. The van der Waals surface area contributed by atoms with Gasteiger partial charge in [0.1, 0.15) is 22.8 Å². The van der Waals surface area contributed by atoms with Crippen LogP contribution in [0.5, 0.6) is 0 Å². The second-order valence-electron chi connectivity index (χ2n) is 15.6. The van der Waals surface area contributed by atoms with Gasteiger partial charge in [0.2, 0.25) is 16.0 Å². The van der Waals surface area contributed by atoms with Gasteiger partial charge in [0.15, 0.2) is 0 Å². The van der Waals surface area contributed by atoms with Crippen molar-refractivity contribution in [3.8, 4) is 10.4 Å². The minimum Gasteiger partial charge on any atom is -0.459 e. The molecule has 4 N–H and O–H groups in total. The van der Waals surface area contributed by atoms with Gasteiger partial charge in [-0.05, 0) is 124 Å². The summed E-state index contributed by atoms with van der Waals surface area (Å²) in [7, 11) is -4.20. The van der Waals surface area contributed by atoms with E-state index in [-0.39, 0.29) is 22.3 Å². The molecule has 0 saturated carbocycles. The lowest BCUT2D eigenvalue weighted by atomic mass is 10.1. The van der Waals surface area contributed by atoms with E-state index in [0.717, 1.165) is 16.9 Å². The van der Waals surface area contributed by atoms with E-state index in [4.69, 9.17) is 14.2 Å². The van der Waals surface area contributed by atoms with E-state index < -0.39 is 56.9 Å². The van der Waals surface area contributed by atoms with Crippen molar-refractivity contribution in [1.82, 2.24) is 20.7 Å². The van der Waals surface area contributed by atoms with Gasteiger partial charge in [-0.15, -0.1) is 11.3 Å². The van der Waals surface area contributed by atoms with Gasteiger partial charge >= 0.3 is 18.2 Å². The molecule has 0 fully saturated rings. The van der Waals surface area contributed by atoms with Crippen LogP contribution >= 0.6 is 11.3 Å². The van der Waals surface area contributed by atoms with Crippen LogP contribution in [0.3, 0.4) is 0 Å². The molecule has 0 bridgehead atoms. The zero-order chi connectivity index (χ0) is 40.8. The number of sulfonamides is 1. The molecule has 1 heterocycles. The summed E-state index contributed by atoms with van der Waals surface area (Å²) >= 11 is 1.15. The molecule has 3 rings (SSSR count). The lowest BCUT2D eigenvalue weighted by Crippen LogP contribution is -2.50. The number of rotatable bonds is 9. The molecular formula is C38H51N5O9S2. The summed E-state index contributed by atoms with van der Waals surface area (Å²) in [6.45, 7) is 20.0. The second-order valence-corrected chi connectivity index (χ2v) is 18.3. The molecule has 3 amide bonds. The third-order valence-electron chi connectivity index (χ3n) is 6.77.